The maximum Gasteiger partial charge on any atom is 0.136 e. The fourth-order valence-corrected chi connectivity index (χ4v) is 8.54. The van der Waals surface area contributed by atoms with E-state index >= 15 is 0 Å². The van der Waals surface area contributed by atoms with E-state index in [0.717, 1.165) is 62.3 Å². The number of imidazole rings is 1. The highest BCUT2D eigenvalue weighted by Crippen LogP contribution is 2.64. The zero-order valence-corrected chi connectivity index (χ0v) is 20.3. The second-order valence-electron chi connectivity index (χ2n) is 12.4. The van der Waals surface area contributed by atoms with Gasteiger partial charge in [0, 0.05) is 31.8 Å². The van der Waals surface area contributed by atoms with Crippen LogP contribution in [0.2, 0.25) is 0 Å². The van der Waals surface area contributed by atoms with Crippen LogP contribution in [0, 0.1) is 40.9 Å². The molecule has 0 aromatic carbocycles. The summed E-state index contributed by atoms with van der Waals surface area (Å²) in [6, 6.07) is 0. The first-order valence-corrected chi connectivity index (χ1v) is 13.1. The Morgan fingerprint density at radius 3 is 2.84 bits per heavy atom. The average molecular weight is 439 g/mol. The van der Waals surface area contributed by atoms with Crippen LogP contribution in [-0.2, 0) is 11.3 Å². The van der Waals surface area contributed by atoms with Gasteiger partial charge in [0.1, 0.15) is 5.78 Å². The van der Waals surface area contributed by atoms with E-state index in [1.807, 2.05) is 26.4 Å². The molecule has 3 saturated carbocycles. The number of carbonyl (C=O) groups excluding carboxylic acids is 1. The van der Waals surface area contributed by atoms with E-state index in [4.69, 9.17) is 0 Å². The Bertz CT molecular complexity index is 851. The van der Waals surface area contributed by atoms with Crippen molar-refractivity contribution >= 4 is 5.78 Å². The van der Waals surface area contributed by atoms with Crippen LogP contribution in [0.3, 0.4) is 0 Å². The molecule has 0 bridgehead atoms. The third kappa shape index (κ3) is 4.13. The number of allylic oxidation sites excluding steroid dienone is 2. The van der Waals surface area contributed by atoms with Crippen LogP contribution in [0.25, 0.3) is 0 Å². The zero-order chi connectivity index (χ0) is 22.5. The Hall–Kier alpha value is -1.42. The number of hydrogen-bond acceptors (Lipinski definition) is 3. The van der Waals surface area contributed by atoms with Gasteiger partial charge in [-0.05, 0) is 106 Å². The van der Waals surface area contributed by atoms with Crippen molar-refractivity contribution in [3.63, 3.8) is 0 Å². The SMILES string of the molecule is CC(C)(O)CCC(Cn1ccnc1)[C@H]1CCC2C3CC=C4CC(=O)CC[C@@H]4C3CCC21C. The van der Waals surface area contributed by atoms with Crippen LogP contribution < -0.4 is 0 Å². The first-order chi connectivity index (χ1) is 15.2. The first-order valence-electron chi connectivity index (χ1n) is 13.1. The molecule has 32 heavy (non-hydrogen) atoms. The normalized spacial score (nSPS) is 37.9. The number of hydrogen-bond donors (Lipinski definition) is 1. The predicted octanol–water partition coefficient (Wildman–Crippen LogP) is 5.81. The highest BCUT2D eigenvalue weighted by molar-refractivity contribution is 5.82. The molecule has 1 heterocycles. The summed E-state index contributed by atoms with van der Waals surface area (Å²) in [6.07, 6.45) is 19.6. The lowest BCUT2D eigenvalue weighted by molar-refractivity contribution is -0.120. The minimum atomic E-state index is -0.604. The van der Waals surface area contributed by atoms with Gasteiger partial charge in [-0.2, -0.15) is 0 Å². The van der Waals surface area contributed by atoms with E-state index in [1.165, 1.54) is 37.7 Å². The van der Waals surface area contributed by atoms with E-state index < -0.39 is 5.60 Å². The van der Waals surface area contributed by atoms with Crippen LogP contribution in [0.1, 0.15) is 85.0 Å². The second kappa shape index (κ2) is 8.42. The quantitative estimate of drug-likeness (QED) is 0.570. The standard InChI is InChI=1S/C28H42N2O2/c1-27(2,32)12-10-20(17-30-15-14-29-18-30)25-8-9-26-24-6-4-19-16-21(31)5-7-22(19)23(24)11-13-28(25,26)3/h4,14-15,18,20,22-26,32H,5-13,16-17H2,1-3H3/t20?,22-,23?,24?,25+,26?,28?/m0/s1. The van der Waals surface area contributed by atoms with Gasteiger partial charge in [-0.1, -0.05) is 18.6 Å². The Labute approximate surface area is 193 Å². The molecule has 1 aromatic rings. The molecule has 0 amide bonds. The summed E-state index contributed by atoms with van der Waals surface area (Å²) in [5.41, 5.74) is 1.29. The smallest absolute Gasteiger partial charge is 0.136 e. The van der Waals surface area contributed by atoms with Crippen molar-refractivity contribution < 1.29 is 9.90 Å². The Morgan fingerprint density at radius 2 is 2.09 bits per heavy atom. The molecule has 1 N–H and O–H groups in total. The van der Waals surface area contributed by atoms with Gasteiger partial charge in [-0.15, -0.1) is 0 Å². The fraction of sp³-hybridized carbons (Fsp3) is 0.786. The third-order valence-electron chi connectivity index (χ3n) is 10.0. The molecule has 4 aliphatic carbocycles. The van der Waals surface area contributed by atoms with Gasteiger partial charge in [-0.3, -0.25) is 4.79 Å². The number of aliphatic hydroxyl groups is 1. The number of carbonyl (C=O) groups is 1. The lowest BCUT2D eigenvalue weighted by atomic mass is 9.51. The molecule has 4 nitrogen and oxygen atoms in total. The summed E-state index contributed by atoms with van der Waals surface area (Å²) in [5.74, 6) is 4.88. The van der Waals surface area contributed by atoms with Crippen LogP contribution >= 0.6 is 0 Å². The largest absolute Gasteiger partial charge is 0.390 e. The molecular weight excluding hydrogens is 396 g/mol. The number of fused-ring (bicyclic) bond motifs is 5. The number of aromatic nitrogens is 2. The van der Waals surface area contributed by atoms with Crippen molar-refractivity contribution in [3.05, 3.63) is 30.4 Å². The van der Waals surface area contributed by atoms with Crippen molar-refractivity contribution in [1.29, 1.82) is 0 Å². The van der Waals surface area contributed by atoms with Crippen molar-refractivity contribution in [2.24, 2.45) is 40.9 Å². The Balaban J connectivity index is 1.37. The summed E-state index contributed by atoms with van der Waals surface area (Å²) in [6.45, 7) is 7.53. The highest BCUT2D eigenvalue weighted by Gasteiger charge is 2.57. The fourth-order valence-electron chi connectivity index (χ4n) is 8.54. The van der Waals surface area contributed by atoms with Gasteiger partial charge >= 0.3 is 0 Å². The molecule has 5 unspecified atom stereocenters. The van der Waals surface area contributed by atoms with Crippen LogP contribution in [0.5, 0.6) is 0 Å². The van der Waals surface area contributed by atoms with Crippen LogP contribution in [0.15, 0.2) is 30.4 Å². The van der Waals surface area contributed by atoms with Gasteiger partial charge in [0.25, 0.3) is 0 Å². The molecule has 0 aliphatic heterocycles. The maximum atomic E-state index is 12.0. The van der Waals surface area contributed by atoms with Gasteiger partial charge < -0.3 is 9.67 Å². The van der Waals surface area contributed by atoms with Crippen molar-refractivity contribution in [2.75, 3.05) is 0 Å². The molecule has 4 aliphatic rings. The topological polar surface area (TPSA) is 55.1 Å². The molecule has 3 fully saturated rings. The van der Waals surface area contributed by atoms with Crippen molar-refractivity contribution in [2.45, 2.75) is 97.1 Å². The van der Waals surface area contributed by atoms with E-state index in [-0.39, 0.29) is 0 Å². The van der Waals surface area contributed by atoms with Gasteiger partial charge in [0.05, 0.1) is 11.9 Å². The number of rotatable bonds is 6. The van der Waals surface area contributed by atoms with Gasteiger partial charge in [-0.25, -0.2) is 4.98 Å². The number of Topliss-reactive ketones (excluding diaryl/α,β-unsaturated/α-hetero) is 1. The Kier molecular flexibility index (Phi) is 5.89. The number of nitrogens with zero attached hydrogens (tertiary/aromatic N) is 2. The molecule has 4 heteroatoms. The summed E-state index contributed by atoms with van der Waals surface area (Å²) >= 11 is 0. The maximum absolute atomic E-state index is 12.0. The molecule has 0 radical (unpaired) electrons. The van der Waals surface area contributed by atoms with Gasteiger partial charge in [0.2, 0.25) is 0 Å². The summed E-state index contributed by atoms with van der Waals surface area (Å²) in [4.78, 5) is 16.3. The minimum Gasteiger partial charge on any atom is -0.390 e. The van der Waals surface area contributed by atoms with Crippen LogP contribution in [0.4, 0.5) is 0 Å². The highest BCUT2D eigenvalue weighted by atomic mass is 16.3. The third-order valence-corrected chi connectivity index (χ3v) is 10.0. The van der Waals surface area contributed by atoms with E-state index in [9.17, 15) is 9.90 Å². The Morgan fingerprint density at radius 1 is 1.25 bits per heavy atom. The second-order valence-corrected chi connectivity index (χ2v) is 12.4. The summed E-state index contributed by atoms with van der Waals surface area (Å²) < 4.78 is 2.26. The lowest BCUT2D eigenvalue weighted by Crippen LogP contribution is -2.47. The van der Waals surface area contributed by atoms with E-state index in [0.29, 0.717) is 23.0 Å². The van der Waals surface area contributed by atoms with Crippen molar-refractivity contribution in [1.82, 2.24) is 9.55 Å². The number of ketones is 1. The average Bonchev–Trinajstić information content (AvgIpc) is 3.37. The van der Waals surface area contributed by atoms with Gasteiger partial charge in [0.15, 0.2) is 0 Å². The molecule has 1 aromatic heterocycles. The van der Waals surface area contributed by atoms with E-state index in [1.54, 1.807) is 0 Å². The molecular formula is C28H42N2O2. The predicted molar refractivity (Wildman–Crippen MR) is 127 cm³/mol. The lowest BCUT2D eigenvalue weighted by Gasteiger charge is -2.54. The summed E-state index contributed by atoms with van der Waals surface area (Å²) in [5, 5.41) is 10.5. The molecule has 0 saturated heterocycles. The minimum absolute atomic E-state index is 0.405. The molecule has 7 atom stereocenters. The molecule has 5 rings (SSSR count). The monoisotopic (exact) mass is 438 g/mol. The molecule has 0 spiro atoms. The van der Waals surface area contributed by atoms with E-state index in [2.05, 4.69) is 28.7 Å². The molecule has 176 valence electrons. The van der Waals surface area contributed by atoms with Crippen molar-refractivity contribution in [3.8, 4) is 0 Å². The zero-order valence-electron chi connectivity index (χ0n) is 20.3. The first kappa shape index (κ1) is 22.4. The van der Waals surface area contributed by atoms with Crippen LogP contribution in [-0.4, -0.2) is 26.0 Å². The summed E-state index contributed by atoms with van der Waals surface area (Å²) in [7, 11) is 0.